The summed E-state index contributed by atoms with van der Waals surface area (Å²) in [6.07, 6.45) is -1.39. The van der Waals surface area contributed by atoms with E-state index >= 15 is 0 Å². The Morgan fingerprint density at radius 2 is 1.93 bits per heavy atom. The fourth-order valence-corrected chi connectivity index (χ4v) is 3.40. The zero-order chi connectivity index (χ0) is 20.3. The summed E-state index contributed by atoms with van der Waals surface area (Å²) < 4.78 is 5.43. The second-order valence-electron chi connectivity index (χ2n) is 6.61. The third kappa shape index (κ3) is 4.22. The maximum absolute atomic E-state index is 11.4. The summed E-state index contributed by atoms with van der Waals surface area (Å²) in [6.45, 7) is -0.126. The summed E-state index contributed by atoms with van der Waals surface area (Å²) in [7, 11) is -1.000. The molecule has 1 amide bonds. The van der Waals surface area contributed by atoms with Crippen LogP contribution in [0.3, 0.4) is 0 Å². The molecule has 0 saturated carbocycles. The van der Waals surface area contributed by atoms with Gasteiger partial charge in [-0.05, 0) is 27.7 Å². The molecule has 1 aliphatic rings. The highest BCUT2D eigenvalue weighted by Gasteiger charge is 2.34. The van der Waals surface area contributed by atoms with Crippen LogP contribution in [0.15, 0.2) is 42.5 Å². The lowest BCUT2D eigenvalue weighted by Gasteiger charge is -2.22. The second kappa shape index (κ2) is 9.04. The maximum atomic E-state index is 11.4. The van der Waals surface area contributed by atoms with Crippen LogP contribution in [0.4, 0.5) is 0 Å². The van der Waals surface area contributed by atoms with Gasteiger partial charge in [-0.3, -0.25) is 4.79 Å². The lowest BCUT2D eigenvalue weighted by Crippen LogP contribution is -2.42. The number of benzene rings is 2. The van der Waals surface area contributed by atoms with E-state index in [2.05, 4.69) is 5.32 Å². The van der Waals surface area contributed by atoms with Crippen molar-refractivity contribution in [3.63, 3.8) is 0 Å². The number of hydrogen-bond donors (Lipinski definition) is 5. The molecule has 0 bridgehead atoms. The zero-order valence-electron chi connectivity index (χ0n) is 15.1. The van der Waals surface area contributed by atoms with Crippen LogP contribution < -0.4 is 16.5 Å². The van der Waals surface area contributed by atoms with Crippen molar-refractivity contribution in [3.05, 3.63) is 53.6 Å². The predicted molar refractivity (Wildman–Crippen MR) is 107 cm³/mol. The minimum Gasteiger partial charge on any atom is -0.423 e. The number of nitrogens with two attached hydrogens (primary N) is 1. The van der Waals surface area contributed by atoms with Crippen molar-refractivity contribution in [1.29, 1.82) is 0 Å². The van der Waals surface area contributed by atoms with Crippen molar-refractivity contribution in [2.75, 3.05) is 19.0 Å². The molecule has 1 aliphatic heterocycles. The number of carbonyl (C=O) groups is 1. The van der Waals surface area contributed by atoms with Gasteiger partial charge in [-0.15, -0.1) is 11.6 Å². The molecule has 148 valence electrons. The van der Waals surface area contributed by atoms with Crippen molar-refractivity contribution >= 4 is 30.1 Å². The Morgan fingerprint density at radius 1 is 1.25 bits per heavy atom. The molecule has 0 fully saturated rings. The maximum Gasteiger partial charge on any atom is 0.492 e. The van der Waals surface area contributed by atoms with E-state index in [-0.39, 0.29) is 12.0 Å². The molecule has 0 aromatic heterocycles. The van der Waals surface area contributed by atoms with Crippen molar-refractivity contribution in [1.82, 2.24) is 5.32 Å². The third-order valence-corrected chi connectivity index (χ3v) is 5.08. The highest BCUT2D eigenvalue weighted by molar-refractivity contribution is 6.61. The van der Waals surface area contributed by atoms with Gasteiger partial charge in [-0.2, -0.15) is 0 Å². The highest BCUT2D eigenvalue weighted by Crippen LogP contribution is 2.28. The molecule has 7 nitrogen and oxygen atoms in total. The number of amides is 1. The van der Waals surface area contributed by atoms with Crippen LogP contribution in [0.25, 0.3) is 11.1 Å². The smallest absolute Gasteiger partial charge is 0.423 e. The number of nitrogens with one attached hydrogen (secondary N) is 1. The van der Waals surface area contributed by atoms with Crippen molar-refractivity contribution in [3.8, 4) is 11.1 Å². The van der Waals surface area contributed by atoms with E-state index < -0.39 is 31.8 Å². The largest absolute Gasteiger partial charge is 0.492 e. The van der Waals surface area contributed by atoms with Gasteiger partial charge in [0.1, 0.15) is 12.0 Å². The van der Waals surface area contributed by atoms with E-state index in [9.17, 15) is 20.0 Å². The molecule has 0 saturated heterocycles. The number of alkyl halides is 1. The average Bonchev–Trinajstić information content (AvgIpc) is 3.06. The van der Waals surface area contributed by atoms with Crippen molar-refractivity contribution in [2.45, 2.75) is 18.2 Å². The topological polar surface area (TPSA) is 125 Å². The first-order chi connectivity index (χ1) is 13.5. The summed E-state index contributed by atoms with van der Waals surface area (Å²) in [6, 6.07) is 11.9. The van der Waals surface area contributed by atoms with Crippen LogP contribution in [0.1, 0.15) is 23.3 Å². The van der Waals surface area contributed by atoms with Crippen LogP contribution in [0.5, 0.6) is 0 Å². The third-order valence-electron chi connectivity index (χ3n) is 4.84. The van der Waals surface area contributed by atoms with E-state index in [4.69, 9.17) is 22.0 Å². The van der Waals surface area contributed by atoms with Crippen molar-refractivity contribution in [2.24, 2.45) is 5.73 Å². The molecule has 0 spiro atoms. The molecule has 3 rings (SSSR count). The molecule has 3 unspecified atom stereocenters. The molecule has 6 N–H and O–H groups in total. The van der Waals surface area contributed by atoms with Crippen LogP contribution in [-0.2, 0) is 9.45 Å². The SMILES string of the molecule is NCC1OB(O)c2cc(-c3ccc(C(O)C(CO)NC(=O)CCl)cc3)ccc21. The Balaban J connectivity index is 1.79. The Kier molecular flexibility index (Phi) is 6.71. The number of carbonyl (C=O) groups excluding carboxylic acids is 1. The average molecular weight is 405 g/mol. The normalized spacial score (nSPS) is 17.9. The summed E-state index contributed by atoms with van der Waals surface area (Å²) in [4.78, 5) is 11.4. The summed E-state index contributed by atoms with van der Waals surface area (Å²) >= 11 is 5.45. The minimum atomic E-state index is -1.08. The first kappa shape index (κ1) is 20.8. The lowest BCUT2D eigenvalue weighted by atomic mass is 9.78. The van der Waals surface area contributed by atoms with Gasteiger partial charge >= 0.3 is 7.12 Å². The molecule has 2 aromatic rings. The Bertz CT molecular complexity index is 836. The predicted octanol–water partition coefficient (Wildman–Crippen LogP) is -0.180. The fraction of sp³-hybridized carbons (Fsp3) is 0.316. The van der Waals surface area contributed by atoms with Gasteiger partial charge in [0.2, 0.25) is 5.91 Å². The number of hydrogen-bond acceptors (Lipinski definition) is 6. The first-order valence-corrected chi connectivity index (χ1v) is 9.44. The van der Waals surface area contributed by atoms with E-state index in [1.54, 1.807) is 12.1 Å². The van der Waals surface area contributed by atoms with Gasteiger partial charge in [0, 0.05) is 6.54 Å². The summed E-state index contributed by atoms with van der Waals surface area (Å²) in [5.41, 5.74) is 9.56. The quantitative estimate of drug-likeness (QED) is 0.322. The Labute approximate surface area is 168 Å². The van der Waals surface area contributed by atoms with Gasteiger partial charge in [-0.25, -0.2) is 0 Å². The molecule has 1 heterocycles. The van der Waals surface area contributed by atoms with Gasteiger partial charge in [-0.1, -0.05) is 42.5 Å². The number of aliphatic hydroxyl groups excluding tert-OH is 2. The second-order valence-corrected chi connectivity index (χ2v) is 6.88. The Morgan fingerprint density at radius 3 is 2.54 bits per heavy atom. The highest BCUT2D eigenvalue weighted by atomic mass is 35.5. The van der Waals surface area contributed by atoms with Crippen LogP contribution in [0, 0.1) is 0 Å². The molecular formula is C19H22BClN2O5. The Hall–Kier alpha value is -1.94. The molecule has 28 heavy (non-hydrogen) atoms. The molecule has 2 aromatic carbocycles. The van der Waals surface area contributed by atoms with Crippen LogP contribution in [-0.4, -0.2) is 53.3 Å². The molecular weight excluding hydrogens is 382 g/mol. The summed E-state index contributed by atoms with van der Waals surface area (Å²) in [5.74, 6) is -0.716. The zero-order valence-corrected chi connectivity index (χ0v) is 15.8. The van der Waals surface area contributed by atoms with E-state index in [0.29, 0.717) is 17.6 Å². The minimum absolute atomic E-state index is 0.249. The molecule has 3 atom stereocenters. The van der Waals surface area contributed by atoms with Gasteiger partial charge in [0.05, 0.1) is 18.8 Å². The standard InChI is InChI=1S/C19H22BClN2O5/c21-8-18(25)23-16(10-24)19(26)12-3-1-11(2-4-12)13-5-6-14-15(7-13)20(27)28-17(14)9-22/h1-7,16-17,19,24,26-27H,8-10,22H2,(H,23,25). The van der Waals surface area contributed by atoms with Gasteiger partial charge < -0.3 is 30.9 Å². The first-order valence-electron chi connectivity index (χ1n) is 8.90. The van der Waals surface area contributed by atoms with Gasteiger partial charge in [0.15, 0.2) is 0 Å². The van der Waals surface area contributed by atoms with E-state index in [0.717, 1.165) is 16.7 Å². The lowest BCUT2D eigenvalue weighted by molar-refractivity contribution is -0.120. The van der Waals surface area contributed by atoms with E-state index in [1.165, 1.54) is 0 Å². The number of rotatable bonds is 7. The van der Waals surface area contributed by atoms with Gasteiger partial charge in [0.25, 0.3) is 0 Å². The number of aliphatic hydroxyl groups is 2. The fourth-order valence-electron chi connectivity index (χ4n) is 3.32. The molecule has 0 aliphatic carbocycles. The number of halogens is 1. The van der Waals surface area contributed by atoms with E-state index in [1.807, 2.05) is 30.3 Å². The monoisotopic (exact) mass is 404 g/mol. The summed E-state index contributed by atoms with van der Waals surface area (Å²) in [5, 5.41) is 32.4. The van der Waals surface area contributed by atoms with Crippen LogP contribution >= 0.6 is 11.6 Å². The molecule has 9 heteroatoms. The number of fused-ring (bicyclic) bond motifs is 1. The van der Waals surface area contributed by atoms with Crippen LogP contribution in [0.2, 0.25) is 0 Å². The molecule has 0 radical (unpaired) electrons. The van der Waals surface area contributed by atoms with Crippen molar-refractivity contribution < 1.29 is 24.7 Å².